The monoisotopic (exact) mass is 367 g/mol. The average molecular weight is 369 g/mol. The maximum absolute atomic E-state index is 12.1. The van der Waals surface area contributed by atoms with Crippen LogP contribution in [0.2, 0.25) is 0 Å². The summed E-state index contributed by atoms with van der Waals surface area (Å²) in [6, 6.07) is 6.53. The van der Waals surface area contributed by atoms with Gasteiger partial charge in [0.2, 0.25) is 10.0 Å². The van der Waals surface area contributed by atoms with E-state index >= 15 is 0 Å². The third-order valence-electron chi connectivity index (χ3n) is 3.15. The minimum Gasteiger partial charge on any atom is -0.210 e. The number of sulfonamides is 1. The van der Waals surface area contributed by atoms with Gasteiger partial charge in [-0.2, -0.15) is 0 Å². The second-order valence-electron chi connectivity index (χ2n) is 4.40. The van der Waals surface area contributed by atoms with E-state index in [-0.39, 0.29) is 16.8 Å². The first-order valence-electron chi connectivity index (χ1n) is 6.30. The zero-order chi connectivity index (χ0) is 14.5. The molecule has 0 aliphatic rings. The van der Waals surface area contributed by atoms with Gasteiger partial charge in [0.05, 0.1) is 4.90 Å². The molecule has 3 nitrogen and oxygen atoms in total. The number of alkyl halides is 1. The maximum Gasteiger partial charge on any atom is 0.240 e. The molecule has 0 aliphatic carbocycles. The van der Waals surface area contributed by atoms with Gasteiger partial charge in [-0.3, -0.25) is 0 Å². The molecular weight excluding hydrogens is 350 g/mol. The number of benzene rings is 1. The normalized spacial score (nSPS) is 13.7. The summed E-state index contributed by atoms with van der Waals surface area (Å²) in [5.41, 5.74) is 0. The minimum absolute atomic E-state index is 0.180. The van der Waals surface area contributed by atoms with E-state index in [1.165, 1.54) is 0 Å². The number of halogens is 2. The Kier molecular flexibility index (Phi) is 6.80. The predicted molar refractivity (Wildman–Crippen MR) is 83.0 cm³/mol. The molecule has 1 N–H and O–H groups in total. The Morgan fingerprint density at radius 2 is 1.74 bits per heavy atom. The van der Waals surface area contributed by atoms with Gasteiger partial charge in [0.1, 0.15) is 0 Å². The largest absolute Gasteiger partial charge is 0.240 e. The van der Waals surface area contributed by atoms with Crippen molar-refractivity contribution < 1.29 is 8.42 Å². The second kappa shape index (κ2) is 7.62. The molecule has 0 bridgehead atoms. The topological polar surface area (TPSA) is 46.2 Å². The lowest BCUT2D eigenvalue weighted by atomic mass is 9.99. The first kappa shape index (κ1) is 17.0. The van der Waals surface area contributed by atoms with E-state index in [2.05, 4.69) is 34.5 Å². The summed E-state index contributed by atoms with van der Waals surface area (Å²) in [5.74, 6) is 0.328. The van der Waals surface area contributed by atoms with E-state index < -0.39 is 10.0 Å². The van der Waals surface area contributed by atoms with Crippen molar-refractivity contribution in [3.63, 3.8) is 0 Å². The highest BCUT2D eigenvalue weighted by Crippen LogP contribution is 2.19. The number of rotatable bonds is 7. The molecule has 108 valence electrons. The summed E-state index contributed by atoms with van der Waals surface area (Å²) in [7, 11) is -3.48. The molecule has 0 radical (unpaired) electrons. The summed E-state index contributed by atoms with van der Waals surface area (Å²) in [4.78, 5) is 0.254. The molecule has 0 fully saturated rings. The zero-order valence-corrected chi connectivity index (χ0v) is 14.2. The van der Waals surface area contributed by atoms with Crippen LogP contribution in [0, 0.1) is 5.92 Å². The van der Waals surface area contributed by atoms with Crippen LogP contribution >= 0.6 is 27.5 Å². The number of hydrogen-bond acceptors (Lipinski definition) is 2. The van der Waals surface area contributed by atoms with Crippen molar-refractivity contribution in [3.05, 3.63) is 28.7 Å². The SMILES string of the molecule is CCC(CC)C(Cl)CNS(=O)(=O)c1ccc(Br)cc1. The molecule has 1 rings (SSSR count). The molecule has 1 aromatic rings. The smallest absolute Gasteiger partial charge is 0.210 e. The van der Waals surface area contributed by atoms with Crippen LogP contribution in [-0.2, 0) is 10.0 Å². The number of nitrogens with one attached hydrogen (secondary N) is 1. The molecule has 6 heteroatoms. The van der Waals surface area contributed by atoms with Crippen molar-refractivity contribution in [2.75, 3.05) is 6.54 Å². The highest BCUT2D eigenvalue weighted by atomic mass is 79.9. The predicted octanol–water partition coefficient (Wildman–Crippen LogP) is 3.77. The highest BCUT2D eigenvalue weighted by Gasteiger charge is 2.20. The lowest BCUT2D eigenvalue weighted by molar-refractivity contribution is 0.460. The standard InChI is InChI=1S/C13H19BrClNO2S/c1-3-10(4-2)13(15)9-16-19(17,18)12-7-5-11(14)6-8-12/h5-8,10,13,16H,3-4,9H2,1-2H3. The molecule has 0 amide bonds. The molecule has 1 aromatic carbocycles. The summed E-state index contributed by atoms with van der Waals surface area (Å²) < 4.78 is 27.5. The van der Waals surface area contributed by atoms with E-state index in [0.717, 1.165) is 17.3 Å². The fourth-order valence-electron chi connectivity index (χ4n) is 1.85. The van der Waals surface area contributed by atoms with E-state index in [4.69, 9.17) is 11.6 Å². The number of hydrogen-bond donors (Lipinski definition) is 1. The Morgan fingerprint density at radius 1 is 1.21 bits per heavy atom. The Balaban J connectivity index is 2.68. The molecule has 0 saturated heterocycles. The summed E-state index contributed by atoms with van der Waals surface area (Å²) in [5, 5.41) is -0.180. The Morgan fingerprint density at radius 3 is 2.21 bits per heavy atom. The average Bonchev–Trinajstić information content (AvgIpc) is 2.38. The van der Waals surface area contributed by atoms with Gasteiger partial charge in [0, 0.05) is 16.4 Å². The fourth-order valence-corrected chi connectivity index (χ4v) is 3.70. The van der Waals surface area contributed by atoms with Gasteiger partial charge in [-0.05, 0) is 30.2 Å². The van der Waals surface area contributed by atoms with Crippen molar-refractivity contribution in [2.24, 2.45) is 5.92 Å². The molecule has 1 unspecified atom stereocenters. The van der Waals surface area contributed by atoms with Gasteiger partial charge < -0.3 is 0 Å². The third kappa shape index (κ3) is 5.06. The van der Waals surface area contributed by atoms with Crippen LogP contribution in [0.4, 0.5) is 0 Å². The van der Waals surface area contributed by atoms with Crippen molar-refractivity contribution >= 4 is 37.6 Å². The molecule has 0 aromatic heterocycles. The lowest BCUT2D eigenvalue weighted by Gasteiger charge is -2.19. The molecule has 0 spiro atoms. The van der Waals surface area contributed by atoms with Crippen molar-refractivity contribution in [2.45, 2.75) is 37.0 Å². The zero-order valence-electron chi connectivity index (χ0n) is 11.1. The Hall–Kier alpha value is -0.100. The van der Waals surface area contributed by atoms with E-state index in [9.17, 15) is 8.42 Å². The molecular formula is C13H19BrClNO2S. The van der Waals surface area contributed by atoms with Gasteiger partial charge in [-0.1, -0.05) is 42.6 Å². The van der Waals surface area contributed by atoms with Gasteiger partial charge in [0.25, 0.3) is 0 Å². The quantitative estimate of drug-likeness (QED) is 0.745. The van der Waals surface area contributed by atoms with Gasteiger partial charge >= 0.3 is 0 Å². The van der Waals surface area contributed by atoms with Gasteiger partial charge in [-0.15, -0.1) is 11.6 Å². The Labute approximate surface area is 128 Å². The maximum atomic E-state index is 12.1. The van der Waals surface area contributed by atoms with Crippen LogP contribution in [0.3, 0.4) is 0 Å². The van der Waals surface area contributed by atoms with Crippen LogP contribution in [0.15, 0.2) is 33.6 Å². The highest BCUT2D eigenvalue weighted by molar-refractivity contribution is 9.10. The van der Waals surface area contributed by atoms with Crippen molar-refractivity contribution in [1.82, 2.24) is 4.72 Å². The van der Waals surface area contributed by atoms with Crippen LogP contribution in [0.25, 0.3) is 0 Å². The van der Waals surface area contributed by atoms with Crippen LogP contribution < -0.4 is 4.72 Å². The lowest BCUT2D eigenvalue weighted by Crippen LogP contribution is -2.33. The van der Waals surface area contributed by atoms with Gasteiger partial charge in [-0.25, -0.2) is 13.1 Å². The summed E-state index contributed by atoms with van der Waals surface area (Å²) in [6.07, 6.45) is 1.90. The van der Waals surface area contributed by atoms with Gasteiger partial charge in [0.15, 0.2) is 0 Å². The molecule has 0 heterocycles. The fraction of sp³-hybridized carbons (Fsp3) is 0.538. The molecule has 1 atom stereocenters. The molecule has 19 heavy (non-hydrogen) atoms. The van der Waals surface area contributed by atoms with Crippen LogP contribution in [0.1, 0.15) is 26.7 Å². The third-order valence-corrected chi connectivity index (χ3v) is 5.63. The Bertz CT molecular complexity index is 486. The minimum atomic E-state index is -3.48. The van der Waals surface area contributed by atoms with Crippen LogP contribution in [-0.4, -0.2) is 20.3 Å². The molecule has 0 saturated carbocycles. The van der Waals surface area contributed by atoms with E-state index in [1.54, 1.807) is 24.3 Å². The second-order valence-corrected chi connectivity index (χ2v) is 7.64. The first-order valence-corrected chi connectivity index (χ1v) is 9.01. The van der Waals surface area contributed by atoms with E-state index in [0.29, 0.717) is 5.92 Å². The summed E-state index contributed by atoms with van der Waals surface area (Å²) >= 11 is 9.51. The van der Waals surface area contributed by atoms with Crippen LogP contribution in [0.5, 0.6) is 0 Å². The van der Waals surface area contributed by atoms with Crippen molar-refractivity contribution in [3.8, 4) is 0 Å². The first-order chi connectivity index (χ1) is 8.90. The van der Waals surface area contributed by atoms with Crippen molar-refractivity contribution in [1.29, 1.82) is 0 Å². The molecule has 0 aliphatic heterocycles. The van der Waals surface area contributed by atoms with E-state index in [1.807, 2.05) is 0 Å². The summed E-state index contributed by atoms with van der Waals surface area (Å²) in [6.45, 7) is 4.38.